The summed E-state index contributed by atoms with van der Waals surface area (Å²) in [4.78, 5) is 18.1. The summed E-state index contributed by atoms with van der Waals surface area (Å²) in [7, 11) is -3.44. The van der Waals surface area contributed by atoms with Crippen LogP contribution in [-0.2, 0) is 29.3 Å². The maximum Gasteiger partial charge on any atom is 0.433 e. The quantitative estimate of drug-likeness (QED) is 0.448. The van der Waals surface area contributed by atoms with E-state index in [0.717, 1.165) is 25.2 Å². The first kappa shape index (κ1) is 26.5. The van der Waals surface area contributed by atoms with E-state index in [2.05, 4.69) is 27.3 Å². The normalized spacial score (nSPS) is 15.2. The molecule has 9 nitrogen and oxygen atoms in total. The van der Waals surface area contributed by atoms with E-state index in [4.69, 9.17) is 0 Å². The van der Waals surface area contributed by atoms with Crippen molar-refractivity contribution in [3.05, 3.63) is 47.2 Å². The third-order valence-corrected chi connectivity index (χ3v) is 6.31. The van der Waals surface area contributed by atoms with Gasteiger partial charge in [0, 0.05) is 49.1 Å². The summed E-state index contributed by atoms with van der Waals surface area (Å²) in [5.74, 6) is 0.467. The van der Waals surface area contributed by atoms with Gasteiger partial charge in [0.1, 0.15) is 17.3 Å². The number of aromatic hydroxyl groups is 1. The Labute approximate surface area is 201 Å². The van der Waals surface area contributed by atoms with E-state index >= 15 is 0 Å². The number of nitrogens with one attached hydrogen (secondary N) is 3. The number of urea groups is 1. The summed E-state index contributed by atoms with van der Waals surface area (Å²) in [5.41, 5.74) is 0.0320. The van der Waals surface area contributed by atoms with Gasteiger partial charge in [-0.05, 0) is 30.9 Å². The first-order chi connectivity index (χ1) is 16.3. The molecule has 1 aromatic heterocycles. The van der Waals surface area contributed by atoms with E-state index in [0.29, 0.717) is 30.1 Å². The van der Waals surface area contributed by atoms with Gasteiger partial charge in [-0.3, -0.25) is 0 Å². The maximum atomic E-state index is 13.2. The Hall–Kier alpha value is -3.06. The first-order valence-electron chi connectivity index (χ1n) is 11.0. The highest BCUT2D eigenvalue weighted by atomic mass is 32.2. The van der Waals surface area contributed by atoms with Gasteiger partial charge >= 0.3 is 12.2 Å². The third-order valence-electron chi connectivity index (χ3n) is 5.64. The largest absolute Gasteiger partial charge is 0.508 e. The van der Waals surface area contributed by atoms with Gasteiger partial charge in [-0.15, -0.1) is 0 Å². The second kappa shape index (κ2) is 10.7. The Balaban J connectivity index is 1.67. The standard InChI is InChI=1S/C22H28F3N5O4S/c1-14-7-9-30(10-8-14)20-16(4-6-19(29-20)22(23,24)25)12-26-21(32)28-17-5-3-15(18(31)11-17)13-27-35(2,33)34/h3-6,11,14,27,31H,7-10,12-13H2,1-2H3,(H2,26,28,32). The van der Waals surface area contributed by atoms with Gasteiger partial charge in [0.25, 0.3) is 0 Å². The predicted octanol–water partition coefficient (Wildman–Crippen LogP) is 3.41. The van der Waals surface area contributed by atoms with Crippen LogP contribution in [0, 0.1) is 5.92 Å². The molecule has 2 aromatic rings. The molecule has 0 aliphatic carbocycles. The van der Waals surface area contributed by atoms with Crippen LogP contribution in [0.4, 0.5) is 29.5 Å². The van der Waals surface area contributed by atoms with Crippen molar-refractivity contribution in [3.63, 3.8) is 0 Å². The van der Waals surface area contributed by atoms with E-state index in [9.17, 15) is 31.5 Å². The lowest BCUT2D eigenvalue weighted by atomic mass is 9.99. The fraction of sp³-hybridized carbons (Fsp3) is 0.455. The Morgan fingerprint density at radius 1 is 1.14 bits per heavy atom. The Kier molecular flexibility index (Phi) is 8.11. The maximum absolute atomic E-state index is 13.2. The number of nitrogens with zero attached hydrogens (tertiary/aromatic N) is 2. The molecule has 2 heterocycles. The number of hydrogen-bond donors (Lipinski definition) is 4. The van der Waals surface area contributed by atoms with Crippen LogP contribution >= 0.6 is 0 Å². The minimum absolute atomic E-state index is 0.0549. The Bertz CT molecular complexity index is 1170. The molecular formula is C22H28F3N5O4S. The number of pyridine rings is 1. The molecule has 2 amide bonds. The van der Waals surface area contributed by atoms with Crippen molar-refractivity contribution in [2.45, 2.75) is 39.0 Å². The molecule has 0 bridgehead atoms. The summed E-state index contributed by atoms with van der Waals surface area (Å²) in [6.07, 6.45) is -1.91. The van der Waals surface area contributed by atoms with Crippen molar-refractivity contribution in [2.24, 2.45) is 5.92 Å². The number of benzene rings is 1. The van der Waals surface area contributed by atoms with Crippen molar-refractivity contribution in [3.8, 4) is 5.75 Å². The van der Waals surface area contributed by atoms with Crippen molar-refractivity contribution >= 4 is 27.6 Å². The lowest BCUT2D eigenvalue weighted by Gasteiger charge is -2.33. The minimum Gasteiger partial charge on any atom is -0.508 e. The van der Waals surface area contributed by atoms with Gasteiger partial charge in [-0.1, -0.05) is 19.1 Å². The number of hydrogen-bond acceptors (Lipinski definition) is 6. The zero-order valence-electron chi connectivity index (χ0n) is 19.3. The SMILES string of the molecule is CC1CCN(c2nc(C(F)(F)F)ccc2CNC(=O)Nc2ccc(CNS(C)(=O)=O)c(O)c2)CC1. The number of anilines is 2. The van der Waals surface area contributed by atoms with Crippen LogP contribution in [0.2, 0.25) is 0 Å². The van der Waals surface area contributed by atoms with Crippen LogP contribution in [0.25, 0.3) is 0 Å². The lowest BCUT2D eigenvalue weighted by Crippen LogP contribution is -2.35. The van der Waals surface area contributed by atoms with Gasteiger partial charge in [-0.25, -0.2) is 22.9 Å². The molecule has 0 radical (unpaired) electrons. The molecule has 13 heteroatoms. The number of phenolic OH excluding ortho intramolecular Hbond substituents is 1. The topological polar surface area (TPSA) is 124 Å². The highest BCUT2D eigenvalue weighted by Crippen LogP contribution is 2.32. The number of halogens is 3. The molecule has 4 N–H and O–H groups in total. The van der Waals surface area contributed by atoms with Crippen LogP contribution < -0.4 is 20.3 Å². The van der Waals surface area contributed by atoms with Crippen molar-refractivity contribution in [2.75, 3.05) is 29.6 Å². The van der Waals surface area contributed by atoms with Crippen LogP contribution in [-0.4, -0.2) is 43.9 Å². The number of aromatic nitrogens is 1. The number of carbonyl (C=O) groups excluding carboxylic acids is 1. The molecule has 35 heavy (non-hydrogen) atoms. The molecule has 1 saturated heterocycles. The zero-order valence-corrected chi connectivity index (χ0v) is 20.1. The van der Waals surface area contributed by atoms with E-state index in [1.54, 1.807) is 0 Å². The van der Waals surface area contributed by atoms with Crippen LogP contribution in [0.15, 0.2) is 30.3 Å². The van der Waals surface area contributed by atoms with Crippen molar-refractivity contribution in [1.82, 2.24) is 15.0 Å². The minimum atomic E-state index is -4.58. The van der Waals surface area contributed by atoms with Crippen LogP contribution in [0.5, 0.6) is 5.75 Å². The highest BCUT2D eigenvalue weighted by Gasteiger charge is 2.34. The van der Waals surface area contributed by atoms with E-state index in [1.807, 2.05) is 4.90 Å². The average Bonchev–Trinajstić information content (AvgIpc) is 2.76. The predicted molar refractivity (Wildman–Crippen MR) is 125 cm³/mol. The van der Waals surface area contributed by atoms with Gasteiger partial charge in [0.05, 0.1) is 6.26 Å². The zero-order chi connectivity index (χ0) is 25.8. The Morgan fingerprint density at radius 3 is 2.40 bits per heavy atom. The fourth-order valence-electron chi connectivity index (χ4n) is 3.62. The van der Waals surface area contributed by atoms with Gasteiger partial charge in [0.2, 0.25) is 10.0 Å². The van der Waals surface area contributed by atoms with Crippen LogP contribution in [0.3, 0.4) is 0 Å². The van der Waals surface area contributed by atoms with Crippen LogP contribution in [0.1, 0.15) is 36.6 Å². The van der Waals surface area contributed by atoms with E-state index < -0.39 is 27.9 Å². The van der Waals surface area contributed by atoms with Gasteiger partial charge in [0.15, 0.2) is 0 Å². The number of rotatable bonds is 7. The average molecular weight is 516 g/mol. The second-order valence-corrected chi connectivity index (χ2v) is 10.4. The third kappa shape index (κ3) is 7.72. The number of piperidine rings is 1. The Morgan fingerprint density at radius 2 is 1.80 bits per heavy atom. The smallest absolute Gasteiger partial charge is 0.433 e. The summed E-state index contributed by atoms with van der Waals surface area (Å²) in [5, 5.41) is 15.2. The number of alkyl halides is 3. The number of sulfonamides is 1. The first-order valence-corrected chi connectivity index (χ1v) is 12.8. The summed E-state index contributed by atoms with van der Waals surface area (Å²) in [6, 6.07) is 5.78. The molecule has 1 fully saturated rings. The molecule has 0 saturated carbocycles. The molecule has 0 atom stereocenters. The summed E-state index contributed by atoms with van der Waals surface area (Å²) < 4.78 is 64.4. The molecule has 3 rings (SSSR count). The number of amides is 2. The van der Waals surface area contributed by atoms with Crippen molar-refractivity contribution in [1.29, 1.82) is 0 Å². The number of carbonyl (C=O) groups is 1. The van der Waals surface area contributed by atoms with E-state index in [-0.39, 0.29) is 30.3 Å². The van der Waals surface area contributed by atoms with E-state index in [1.165, 1.54) is 24.3 Å². The molecular weight excluding hydrogens is 487 g/mol. The van der Waals surface area contributed by atoms with Crippen molar-refractivity contribution < 1.29 is 31.5 Å². The molecule has 192 valence electrons. The molecule has 0 unspecified atom stereocenters. The highest BCUT2D eigenvalue weighted by molar-refractivity contribution is 7.88. The molecule has 1 aliphatic rings. The molecule has 1 aliphatic heterocycles. The number of phenols is 1. The lowest BCUT2D eigenvalue weighted by molar-refractivity contribution is -0.141. The summed E-state index contributed by atoms with van der Waals surface area (Å²) in [6.45, 7) is 3.08. The summed E-state index contributed by atoms with van der Waals surface area (Å²) >= 11 is 0. The monoisotopic (exact) mass is 515 g/mol. The fourth-order valence-corrected chi connectivity index (χ4v) is 4.04. The molecule has 1 aromatic carbocycles. The van der Waals surface area contributed by atoms with Gasteiger partial charge < -0.3 is 20.6 Å². The van der Waals surface area contributed by atoms with Gasteiger partial charge in [-0.2, -0.15) is 13.2 Å². The second-order valence-electron chi connectivity index (χ2n) is 8.59. The molecule has 0 spiro atoms.